The Balaban J connectivity index is 1.42. The van der Waals surface area contributed by atoms with Crippen molar-refractivity contribution in [2.45, 2.75) is 58.4 Å². The number of rotatable bonds is 7. The molecule has 0 saturated carbocycles. The van der Waals surface area contributed by atoms with Crippen LogP contribution in [0.1, 0.15) is 51.0 Å². The van der Waals surface area contributed by atoms with Crippen molar-refractivity contribution in [3.63, 3.8) is 0 Å². The van der Waals surface area contributed by atoms with Crippen LogP contribution in [0, 0.1) is 12.8 Å². The zero-order valence-electron chi connectivity index (χ0n) is 19.2. The summed E-state index contributed by atoms with van der Waals surface area (Å²) in [6, 6.07) is 6.23. The van der Waals surface area contributed by atoms with Gasteiger partial charge in [0.25, 0.3) is 0 Å². The normalized spacial score (nSPS) is 20.4. The smallest absolute Gasteiger partial charge is 0.409 e. The first-order valence-corrected chi connectivity index (χ1v) is 11.6. The van der Waals surface area contributed by atoms with E-state index in [-0.39, 0.29) is 12.0 Å². The summed E-state index contributed by atoms with van der Waals surface area (Å²) in [4.78, 5) is 28.8. The molecule has 2 aliphatic rings. The fourth-order valence-corrected chi connectivity index (χ4v) is 4.74. The molecular weight excluding hydrogens is 394 g/mol. The lowest BCUT2D eigenvalue weighted by atomic mass is 9.90. The Morgan fingerprint density at radius 2 is 1.94 bits per heavy atom. The summed E-state index contributed by atoms with van der Waals surface area (Å²) < 4.78 is 10.4. The molecule has 2 amide bonds. The van der Waals surface area contributed by atoms with E-state index in [1.165, 1.54) is 12.8 Å². The molecule has 172 valence electrons. The summed E-state index contributed by atoms with van der Waals surface area (Å²) in [7, 11) is 1.64. The second-order valence-electron chi connectivity index (χ2n) is 8.69. The lowest BCUT2D eigenvalue weighted by molar-refractivity contribution is -0.116. The van der Waals surface area contributed by atoms with Crippen LogP contribution in [0.3, 0.4) is 0 Å². The summed E-state index contributed by atoms with van der Waals surface area (Å²) in [5.74, 6) is 1.43. The molecule has 7 nitrogen and oxygen atoms in total. The van der Waals surface area contributed by atoms with Crippen molar-refractivity contribution >= 4 is 17.7 Å². The number of anilines is 1. The Labute approximate surface area is 186 Å². The number of nitrogens with one attached hydrogen (secondary N) is 1. The highest BCUT2D eigenvalue weighted by atomic mass is 16.6. The average Bonchev–Trinajstić information content (AvgIpc) is 2.79. The quantitative estimate of drug-likeness (QED) is 0.705. The minimum atomic E-state index is -0.185. The monoisotopic (exact) mass is 431 g/mol. The predicted octanol–water partition coefficient (Wildman–Crippen LogP) is 4.06. The van der Waals surface area contributed by atoms with Crippen LogP contribution in [0.4, 0.5) is 10.5 Å². The first-order chi connectivity index (χ1) is 15.0. The fraction of sp³-hybridized carbons (Fsp3) is 0.667. The Hall–Kier alpha value is -2.28. The van der Waals surface area contributed by atoms with Crippen molar-refractivity contribution in [2.24, 2.45) is 5.92 Å². The third kappa shape index (κ3) is 6.60. The number of hydrogen-bond acceptors (Lipinski definition) is 5. The Kier molecular flexibility index (Phi) is 8.58. The van der Waals surface area contributed by atoms with Crippen LogP contribution in [0.5, 0.6) is 5.75 Å². The summed E-state index contributed by atoms with van der Waals surface area (Å²) in [5.41, 5.74) is 1.86. The van der Waals surface area contributed by atoms with Gasteiger partial charge in [-0.3, -0.25) is 9.69 Å². The van der Waals surface area contributed by atoms with E-state index in [1.807, 2.05) is 36.9 Å². The molecule has 0 radical (unpaired) electrons. The van der Waals surface area contributed by atoms with E-state index in [1.54, 1.807) is 7.11 Å². The maximum Gasteiger partial charge on any atom is 0.409 e. The highest BCUT2D eigenvalue weighted by Gasteiger charge is 2.30. The Bertz CT molecular complexity index is 746. The topological polar surface area (TPSA) is 71.1 Å². The van der Waals surface area contributed by atoms with Gasteiger partial charge in [-0.15, -0.1) is 0 Å². The summed E-state index contributed by atoms with van der Waals surface area (Å²) in [6.45, 7) is 7.97. The molecule has 1 atom stereocenters. The maximum absolute atomic E-state index is 12.5. The van der Waals surface area contributed by atoms with Gasteiger partial charge in [0, 0.05) is 37.8 Å². The van der Waals surface area contributed by atoms with E-state index in [0.717, 1.165) is 62.4 Å². The molecule has 0 bridgehead atoms. The molecule has 1 aromatic rings. The van der Waals surface area contributed by atoms with Crippen molar-refractivity contribution in [1.82, 2.24) is 9.80 Å². The molecular formula is C24H37N3O4. The molecule has 0 aliphatic carbocycles. The number of piperidine rings is 2. The van der Waals surface area contributed by atoms with Gasteiger partial charge in [-0.2, -0.15) is 0 Å². The van der Waals surface area contributed by atoms with Crippen LogP contribution in [0.25, 0.3) is 0 Å². The van der Waals surface area contributed by atoms with E-state index in [2.05, 4.69) is 10.2 Å². The number of ether oxygens (including phenoxy) is 2. The van der Waals surface area contributed by atoms with Gasteiger partial charge in [0.1, 0.15) is 5.75 Å². The SMILES string of the molecule is CCOC(=O)N1CCC(N2CCCC(CCC(=O)Nc3ccc(OC)cc3C)C2)CC1. The predicted molar refractivity (Wildman–Crippen MR) is 122 cm³/mol. The summed E-state index contributed by atoms with van der Waals surface area (Å²) >= 11 is 0. The minimum absolute atomic E-state index is 0.0770. The average molecular weight is 432 g/mol. The van der Waals surface area contributed by atoms with Gasteiger partial charge < -0.3 is 19.7 Å². The van der Waals surface area contributed by atoms with E-state index < -0.39 is 0 Å². The highest BCUT2D eigenvalue weighted by Crippen LogP contribution is 2.27. The van der Waals surface area contributed by atoms with Gasteiger partial charge in [0.2, 0.25) is 5.91 Å². The van der Waals surface area contributed by atoms with Crippen molar-refractivity contribution in [3.05, 3.63) is 23.8 Å². The standard InChI is InChI=1S/C24H37N3O4/c1-4-31-24(29)26-14-11-20(12-15-26)27-13-5-6-19(17-27)7-10-23(28)25-22-9-8-21(30-3)16-18(22)2/h8-9,16,19-20H,4-7,10-15,17H2,1-3H3,(H,25,28). The Morgan fingerprint density at radius 1 is 1.16 bits per heavy atom. The fourth-order valence-electron chi connectivity index (χ4n) is 4.74. The van der Waals surface area contributed by atoms with Gasteiger partial charge in [0.05, 0.1) is 13.7 Å². The first-order valence-electron chi connectivity index (χ1n) is 11.6. The maximum atomic E-state index is 12.5. The molecule has 2 fully saturated rings. The van der Waals surface area contributed by atoms with Crippen LogP contribution in [0.2, 0.25) is 0 Å². The number of nitrogens with zero attached hydrogens (tertiary/aromatic N) is 2. The van der Waals surface area contributed by atoms with Gasteiger partial charge in [0.15, 0.2) is 0 Å². The van der Waals surface area contributed by atoms with Crippen molar-refractivity contribution < 1.29 is 19.1 Å². The van der Waals surface area contributed by atoms with Crippen LogP contribution in [-0.4, -0.2) is 67.7 Å². The minimum Gasteiger partial charge on any atom is -0.497 e. The summed E-state index contributed by atoms with van der Waals surface area (Å²) in [6.07, 6.45) is 5.65. The number of hydrogen-bond donors (Lipinski definition) is 1. The molecule has 2 heterocycles. The molecule has 2 saturated heterocycles. The molecule has 1 aromatic carbocycles. The molecule has 2 aliphatic heterocycles. The zero-order chi connectivity index (χ0) is 22.2. The molecule has 7 heteroatoms. The van der Waals surface area contributed by atoms with Crippen LogP contribution in [-0.2, 0) is 9.53 Å². The van der Waals surface area contributed by atoms with Crippen molar-refractivity contribution in [3.8, 4) is 5.75 Å². The highest BCUT2D eigenvalue weighted by molar-refractivity contribution is 5.91. The van der Waals surface area contributed by atoms with Gasteiger partial charge in [-0.1, -0.05) is 0 Å². The molecule has 3 rings (SSSR count). The van der Waals surface area contributed by atoms with E-state index in [0.29, 0.717) is 25.0 Å². The number of likely N-dealkylation sites (tertiary alicyclic amines) is 2. The van der Waals surface area contributed by atoms with Gasteiger partial charge in [-0.25, -0.2) is 4.79 Å². The second kappa shape index (κ2) is 11.4. The molecule has 1 unspecified atom stereocenters. The number of carbonyl (C=O) groups excluding carboxylic acids is 2. The van der Waals surface area contributed by atoms with Crippen molar-refractivity contribution in [1.29, 1.82) is 0 Å². The van der Waals surface area contributed by atoms with E-state index in [4.69, 9.17) is 9.47 Å². The third-order valence-electron chi connectivity index (χ3n) is 6.54. The first kappa shape index (κ1) is 23.4. The third-order valence-corrected chi connectivity index (χ3v) is 6.54. The lowest BCUT2D eigenvalue weighted by Crippen LogP contribution is -2.49. The largest absolute Gasteiger partial charge is 0.497 e. The van der Waals surface area contributed by atoms with Crippen LogP contribution in [0.15, 0.2) is 18.2 Å². The van der Waals surface area contributed by atoms with E-state index in [9.17, 15) is 9.59 Å². The number of amides is 2. The molecule has 1 N–H and O–H groups in total. The molecule has 0 aromatic heterocycles. The number of methoxy groups -OCH3 is 1. The Morgan fingerprint density at radius 3 is 2.61 bits per heavy atom. The molecule has 31 heavy (non-hydrogen) atoms. The van der Waals surface area contributed by atoms with Gasteiger partial charge >= 0.3 is 6.09 Å². The lowest BCUT2D eigenvalue weighted by Gasteiger charge is -2.42. The zero-order valence-corrected chi connectivity index (χ0v) is 19.2. The second-order valence-corrected chi connectivity index (χ2v) is 8.69. The number of aryl methyl sites for hydroxylation is 1. The van der Waals surface area contributed by atoms with E-state index >= 15 is 0 Å². The van der Waals surface area contributed by atoms with Crippen LogP contribution >= 0.6 is 0 Å². The number of benzene rings is 1. The van der Waals surface area contributed by atoms with Crippen molar-refractivity contribution in [2.75, 3.05) is 45.2 Å². The van der Waals surface area contributed by atoms with Gasteiger partial charge in [-0.05, 0) is 82.2 Å². The molecule has 0 spiro atoms. The van der Waals surface area contributed by atoms with Crippen LogP contribution < -0.4 is 10.1 Å². The summed E-state index contributed by atoms with van der Waals surface area (Å²) in [5, 5.41) is 3.04. The number of carbonyl (C=O) groups is 2.